The molecular formula is C12H19NS. The first kappa shape index (κ1) is 11.4. The van der Waals surface area contributed by atoms with Gasteiger partial charge in [-0.1, -0.05) is 25.1 Å². The third-order valence-electron chi connectivity index (χ3n) is 2.35. The van der Waals surface area contributed by atoms with Gasteiger partial charge in [0.15, 0.2) is 0 Å². The SMILES string of the molecule is CCN(CC(C)CS)c1ccccc1. The molecule has 0 heterocycles. The van der Waals surface area contributed by atoms with Crippen molar-refractivity contribution in [2.75, 3.05) is 23.7 Å². The molecule has 0 spiro atoms. The van der Waals surface area contributed by atoms with Gasteiger partial charge in [0.25, 0.3) is 0 Å². The summed E-state index contributed by atoms with van der Waals surface area (Å²) >= 11 is 4.31. The Kier molecular flexibility index (Phi) is 4.88. The molecule has 1 rings (SSSR count). The van der Waals surface area contributed by atoms with Crippen molar-refractivity contribution in [3.8, 4) is 0 Å². The summed E-state index contributed by atoms with van der Waals surface area (Å²) in [5.74, 6) is 1.59. The van der Waals surface area contributed by atoms with E-state index in [9.17, 15) is 0 Å². The molecule has 0 amide bonds. The minimum atomic E-state index is 0.637. The molecule has 0 aromatic heterocycles. The van der Waals surface area contributed by atoms with Crippen molar-refractivity contribution in [2.45, 2.75) is 13.8 Å². The summed E-state index contributed by atoms with van der Waals surface area (Å²) < 4.78 is 0. The molecule has 1 aromatic carbocycles. The minimum absolute atomic E-state index is 0.637. The van der Waals surface area contributed by atoms with Crippen molar-refractivity contribution in [2.24, 2.45) is 5.92 Å². The molecule has 1 nitrogen and oxygen atoms in total. The highest BCUT2D eigenvalue weighted by Crippen LogP contribution is 2.14. The summed E-state index contributed by atoms with van der Waals surface area (Å²) in [5, 5.41) is 0. The van der Waals surface area contributed by atoms with Crippen LogP contribution >= 0.6 is 12.6 Å². The number of para-hydroxylation sites is 1. The lowest BCUT2D eigenvalue weighted by Gasteiger charge is -2.25. The van der Waals surface area contributed by atoms with Gasteiger partial charge in [-0.3, -0.25) is 0 Å². The van der Waals surface area contributed by atoms with Crippen molar-refractivity contribution in [3.63, 3.8) is 0 Å². The second-order valence-corrected chi connectivity index (χ2v) is 4.03. The fourth-order valence-electron chi connectivity index (χ4n) is 1.49. The molecule has 0 radical (unpaired) electrons. The molecule has 0 aliphatic heterocycles. The molecule has 78 valence electrons. The average Bonchev–Trinajstić information content (AvgIpc) is 2.26. The van der Waals surface area contributed by atoms with Crippen molar-refractivity contribution >= 4 is 18.3 Å². The summed E-state index contributed by atoms with van der Waals surface area (Å²) in [6.45, 7) is 6.57. The van der Waals surface area contributed by atoms with Gasteiger partial charge in [0.1, 0.15) is 0 Å². The van der Waals surface area contributed by atoms with Crippen LogP contribution in [0.4, 0.5) is 5.69 Å². The molecule has 0 saturated heterocycles. The average molecular weight is 209 g/mol. The largest absolute Gasteiger partial charge is 0.372 e. The van der Waals surface area contributed by atoms with E-state index in [2.05, 4.69) is 61.7 Å². The van der Waals surface area contributed by atoms with Crippen LogP contribution in [0.3, 0.4) is 0 Å². The fourth-order valence-corrected chi connectivity index (χ4v) is 1.61. The lowest BCUT2D eigenvalue weighted by Crippen LogP contribution is -2.28. The maximum absolute atomic E-state index is 4.31. The van der Waals surface area contributed by atoms with E-state index in [1.54, 1.807) is 0 Å². The van der Waals surface area contributed by atoms with Gasteiger partial charge in [-0.05, 0) is 30.7 Å². The van der Waals surface area contributed by atoms with Gasteiger partial charge in [0.05, 0.1) is 0 Å². The van der Waals surface area contributed by atoms with Gasteiger partial charge < -0.3 is 4.90 Å². The van der Waals surface area contributed by atoms with Crippen LogP contribution in [0.2, 0.25) is 0 Å². The van der Waals surface area contributed by atoms with Gasteiger partial charge in [-0.2, -0.15) is 12.6 Å². The van der Waals surface area contributed by atoms with Crippen LogP contribution < -0.4 is 4.90 Å². The third-order valence-corrected chi connectivity index (χ3v) is 2.97. The molecule has 1 aromatic rings. The van der Waals surface area contributed by atoms with Crippen molar-refractivity contribution in [1.82, 2.24) is 0 Å². The summed E-state index contributed by atoms with van der Waals surface area (Å²) in [6.07, 6.45) is 0. The van der Waals surface area contributed by atoms with Gasteiger partial charge in [0.2, 0.25) is 0 Å². The highest BCUT2D eigenvalue weighted by molar-refractivity contribution is 7.80. The van der Waals surface area contributed by atoms with Crippen molar-refractivity contribution in [3.05, 3.63) is 30.3 Å². The number of benzene rings is 1. The van der Waals surface area contributed by atoms with Crippen LogP contribution in [0, 0.1) is 5.92 Å². The molecule has 0 fully saturated rings. The smallest absolute Gasteiger partial charge is 0.0366 e. The number of anilines is 1. The van der Waals surface area contributed by atoms with Crippen LogP contribution in [0.25, 0.3) is 0 Å². The standard InChI is InChI=1S/C12H19NS/c1-3-13(9-11(2)10-14)12-7-5-4-6-8-12/h4-8,11,14H,3,9-10H2,1-2H3. The van der Waals surface area contributed by atoms with Crippen LogP contribution in [0.5, 0.6) is 0 Å². The highest BCUT2D eigenvalue weighted by atomic mass is 32.1. The van der Waals surface area contributed by atoms with Gasteiger partial charge >= 0.3 is 0 Å². The summed E-state index contributed by atoms with van der Waals surface area (Å²) in [6, 6.07) is 10.6. The Morgan fingerprint density at radius 3 is 2.43 bits per heavy atom. The Hall–Kier alpha value is -0.630. The van der Waals surface area contributed by atoms with Crippen molar-refractivity contribution < 1.29 is 0 Å². The molecule has 1 unspecified atom stereocenters. The maximum Gasteiger partial charge on any atom is 0.0366 e. The molecule has 2 heteroatoms. The fraction of sp³-hybridized carbons (Fsp3) is 0.500. The minimum Gasteiger partial charge on any atom is -0.372 e. The van der Waals surface area contributed by atoms with E-state index in [-0.39, 0.29) is 0 Å². The summed E-state index contributed by atoms with van der Waals surface area (Å²) in [5.41, 5.74) is 1.31. The zero-order valence-corrected chi connectivity index (χ0v) is 9.87. The number of hydrogen-bond acceptors (Lipinski definition) is 2. The maximum atomic E-state index is 4.31. The van der Waals surface area contributed by atoms with Crippen LogP contribution in [0.15, 0.2) is 30.3 Å². The lowest BCUT2D eigenvalue weighted by atomic mass is 10.2. The Bertz CT molecular complexity index is 248. The van der Waals surface area contributed by atoms with E-state index in [1.807, 2.05) is 0 Å². The molecular weight excluding hydrogens is 190 g/mol. The van der Waals surface area contributed by atoms with E-state index in [0.29, 0.717) is 5.92 Å². The molecule has 0 aliphatic carbocycles. The normalized spacial score (nSPS) is 12.5. The molecule has 14 heavy (non-hydrogen) atoms. The van der Waals surface area contributed by atoms with Crippen LogP contribution in [-0.4, -0.2) is 18.8 Å². The van der Waals surface area contributed by atoms with Gasteiger partial charge in [0, 0.05) is 18.8 Å². The number of thiol groups is 1. The Labute approximate surface area is 92.5 Å². The first-order valence-corrected chi connectivity index (χ1v) is 5.82. The monoisotopic (exact) mass is 209 g/mol. The Morgan fingerprint density at radius 2 is 1.93 bits per heavy atom. The number of rotatable bonds is 5. The Morgan fingerprint density at radius 1 is 1.29 bits per heavy atom. The van der Waals surface area contributed by atoms with Gasteiger partial charge in [-0.15, -0.1) is 0 Å². The lowest BCUT2D eigenvalue weighted by molar-refractivity contribution is 0.629. The predicted molar refractivity (Wildman–Crippen MR) is 67.3 cm³/mol. The second-order valence-electron chi connectivity index (χ2n) is 3.66. The van der Waals surface area contributed by atoms with E-state index in [4.69, 9.17) is 0 Å². The topological polar surface area (TPSA) is 3.24 Å². The predicted octanol–water partition coefficient (Wildman–Crippen LogP) is 3.08. The summed E-state index contributed by atoms with van der Waals surface area (Å²) in [4.78, 5) is 2.39. The molecule has 0 bridgehead atoms. The first-order valence-electron chi connectivity index (χ1n) is 5.18. The number of nitrogens with zero attached hydrogens (tertiary/aromatic N) is 1. The van der Waals surface area contributed by atoms with Crippen LogP contribution in [-0.2, 0) is 0 Å². The Balaban J connectivity index is 2.63. The zero-order valence-electron chi connectivity index (χ0n) is 8.98. The first-order chi connectivity index (χ1) is 6.77. The summed E-state index contributed by atoms with van der Waals surface area (Å²) in [7, 11) is 0. The van der Waals surface area contributed by atoms with E-state index < -0.39 is 0 Å². The second kappa shape index (κ2) is 5.97. The third kappa shape index (κ3) is 3.26. The molecule has 1 atom stereocenters. The molecule has 0 aliphatic rings. The molecule has 0 N–H and O–H groups in total. The molecule has 0 saturated carbocycles. The van der Waals surface area contributed by atoms with E-state index in [1.165, 1.54) is 5.69 Å². The van der Waals surface area contributed by atoms with E-state index >= 15 is 0 Å². The van der Waals surface area contributed by atoms with Crippen LogP contribution in [0.1, 0.15) is 13.8 Å². The van der Waals surface area contributed by atoms with Crippen molar-refractivity contribution in [1.29, 1.82) is 0 Å². The quantitative estimate of drug-likeness (QED) is 0.729. The zero-order chi connectivity index (χ0) is 10.4. The number of hydrogen-bond donors (Lipinski definition) is 1. The highest BCUT2D eigenvalue weighted by Gasteiger charge is 2.07. The van der Waals surface area contributed by atoms with E-state index in [0.717, 1.165) is 18.8 Å². The van der Waals surface area contributed by atoms with Gasteiger partial charge in [-0.25, -0.2) is 0 Å².